The predicted octanol–water partition coefficient (Wildman–Crippen LogP) is 2.97. The Balaban J connectivity index is 2.42. The van der Waals surface area contributed by atoms with E-state index in [1.54, 1.807) is 0 Å². The van der Waals surface area contributed by atoms with Crippen LogP contribution in [-0.4, -0.2) is 6.10 Å². The first-order valence-corrected chi connectivity index (χ1v) is 4.43. The van der Waals surface area contributed by atoms with Crippen LogP contribution in [0.1, 0.15) is 33.6 Å². The van der Waals surface area contributed by atoms with Crippen LogP contribution in [0.3, 0.4) is 0 Å². The molecule has 1 aliphatic rings. The molecule has 1 aliphatic carbocycles. The topological polar surface area (TPSA) is 9.23 Å². The van der Waals surface area contributed by atoms with Gasteiger partial charge in [-0.1, -0.05) is 20.4 Å². The largest absolute Gasteiger partial charge is 0.495 e. The van der Waals surface area contributed by atoms with E-state index in [2.05, 4.69) is 20.4 Å². The lowest BCUT2D eigenvalue weighted by molar-refractivity contribution is 0.0838. The molecule has 0 spiro atoms. The van der Waals surface area contributed by atoms with Crippen molar-refractivity contribution in [2.45, 2.75) is 39.7 Å². The number of allylic oxidation sites excluding steroid dienone is 1. The van der Waals surface area contributed by atoms with E-state index >= 15 is 0 Å². The lowest BCUT2D eigenvalue weighted by Gasteiger charge is -2.19. The van der Waals surface area contributed by atoms with Crippen LogP contribution in [0.2, 0.25) is 0 Å². The van der Waals surface area contributed by atoms with Gasteiger partial charge in [-0.3, -0.25) is 0 Å². The molecule has 0 aromatic rings. The molecular formula is C10H18O. The molecule has 0 radical (unpaired) electrons. The van der Waals surface area contributed by atoms with Gasteiger partial charge in [-0.15, -0.1) is 0 Å². The summed E-state index contributed by atoms with van der Waals surface area (Å²) in [5.41, 5.74) is 0. The second-order valence-electron chi connectivity index (χ2n) is 3.77. The molecule has 1 heteroatoms. The second-order valence-corrected chi connectivity index (χ2v) is 3.77. The molecule has 0 amide bonds. The summed E-state index contributed by atoms with van der Waals surface area (Å²) >= 11 is 0. The molecule has 64 valence electrons. The summed E-state index contributed by atoms with van der Waals surface area (Å²) in [6.45, 7) is 10.2. The summed E-state index contributed by atoms with van der Waals surface area (Å²) in [5, 5.41) is 0. The fraction of sp³-hybridized carbons (Fsp3) is 0.800. The van der Waals surface area contributed by atoms with Gasteiger partial charge in [0.1, 0.15) is 6.10 Å². The second kappa shape index (κ2) is 3.29. The average Bonchev–Trinajstić information content (AvgIpc) is 2.18. The highest BCUT2D eigenvalue weighted by Gasteiger charge is 2.30. The van der Waals surface area contributed by atoms with Gasteiger partial charge >= 0.3 is 0 Å². The van der Waals surface area contributed by atoms with Crippen molar-refractivity contribution in [3.05, 3.63) is 12.3 Å². The summed E-state index contributed by atoms with van der Waals surface area (Å²) in [6.07, 6.45) is 2.94. The lowest BCUT2D eigenvalue weighted by Crippen LogP contribution is -2.17. The minimum atomic E-state index is 0.433. The van der Waals surface area contributed by atoms with E-state index in [0.29, 0.717) is 12.0 Å². The van der Waals surface area contributed by atoms with Gasteiger partial charge in [0, 0.05) is 0 Å². The van der Waals surface area contributed by atoms with Crippen LogP contribution in [0.15, 0.2) is 12.3 Å². The maximum atomic E-state index is 5.60. The van der Waals surface area contributed by atoms with Gasteiger partial charge in [0.15, 0.2) is 0 Å². The monoisotopic (exact) mass is 154 g/mol. The van der Waals surface area contributed by atoms with Crippen molar-refractivity contribution in [2.75, 3.05) is 0 Å². The Kier molecular flexibility index (Phi) is 2.58. The van der Waals surface area contributed by atoms with E-state index in [-0.39, 0.29) is 0 Å². The van der Waals surface area contributed by atoms with Crippen molar-refractivity contribution >= 4 is 0 Å². The minimum Gasteiger partial charge on any atom is -0.495 e. The predicted molar refractivity (Wildman–Crippen MR) is 47.2 cm³/mol. The highest BCUT2D eigenvalue weighted by molar-refractivity contribution is 4.85. The number of hydrogen-bond donors (Lipinski definition) is 0. The van der Waals surface area contributed by atoms with E-state index in [1.165, 1.54) is 12.8 Å². The molecule has 11 heavy (non-hydrogen) atoms. The molecule has 0 bridgehead atoms. The zero-order valence-corrected chi connectivity index (χ0v) is 7.76. The molecular weight excluding hydrogens is 136 g/mol. The molecule has 0 heterocycles. The van der Waals surface area contributed by atoms with E-state index in [1.807, 2.05) is 6.92 Å². The third-order valence-corrected chi connectivity index (χ3v) is 2.74. The van der Waals surface area contributed by atoms with Crippen molar-refractivity contribution < 1.29 is 4.74 Å². The van der Waals surface area contributed by atoms with E-state index in [0.717, 1.165) is 11.7 Å². The summed E-state index contributed by atoms with van der Waals surface area (Å²) in [7, 11) is 0. The van der Waals surface area contributed by atoms with Crippen LogP contribution in [0, 0.1) is 11.8 Å². The molecule has 3 atom stereocenters. The van der Waals surface area contributed by atoms with Gasteiger partial charge < -0.3 is 4.74 Å². The van der Waals surface area contributed by atoms with Gasteiger partial charge in [0.05, 0.1) is 5.76 Å². The zero-order chi connectivity index (χ0) is 8.43. The molecule has 0 aromatic carbocycles. The summed E-state index contributed by atoms with van der Waals surface area (Å²) in [5.74, 6) is 2.38. The van der Waals surface area contributed by atoms with Crippen LogP contribution in [0.4, 0.5) is 0 Å². The van der Waals surface area contributed by atoms with Gasteiger partial charge in [0.2, 0.25) is 0 Å². The number of ether oxygens (including phenoxy) is 1. The quantitative estimate of drug-likeness (QED) is 0.556. The Labute approximate surface area is 69.4 Å². The number of hydrogen-bond acceptors (Lipinski definition) is 1. The lowest BCUT2D eigenvalue weighted by atomic mass is 9.99. The third kappa shape index (κ3) is 1.98. The molecule has 0 aromatic heterocycles. The van der Waals surface area contributed by atoms with Crippen molar-refractivity contribution in [1.29, 1.82) is 0 Å². The Hall–Kier alpha value is -0.460. The van der Waals surface area contributed by atoms with E-state index in [9.17, 15) is 0 Å². The Bertz CT molecular complexity index is 151. The SMILES string of the molecule is C=C(C)OC1CCC(C)C1C. The van der Waals surface area contributed by atoms with Crippen molar-refractivity contribution in [3.8, 4) is 0 Å². The normalized spacial score (nSPS) is 37.2. The Morgan fingerprint density at radius 2 is 2.00 bits per heavy atom. The fourth-order valence-corrected chi connectivity index (χ4v) is 1.74. The van der Waals surface area contributed by atoms with Crippen LogP contribution in [0.5, 0.6) is 0 Å². The first-order valence-electron chi connectivity index (χ1n) is 4.43. The Morgan fingerprint density at radius 1 is 1.36 bits per heavy atom. The smallest absolute Gasteiger partial charge is 0.101 e. The van der Waals surface area contributed by atoms with Crippen LogP contribution in [-0.2, 0) is 4.74 Å². The highest BCUT2D eigenvalue weighted by atomic mass is 16.5. The van der Waals surface area contributed by atoms with E-state index in [4.69, 9.17) is 4.74 Å². The fourth-order valence-electron chi connectivity index (χ4n) is 1.74. The molecule has 0 N–H and O–H groups in total. The van der Waals surface area contributed by atoms with Crippen molar-refractivity contribution in [1.82, 2.24) is 0 Å². The Morgan fingerprint density at radius 3 is 2.36 bits per heavy atom. The molecule has 1 nitrogen and oxygen atoms in total. The third-order valence-electron chi connectivity index (χ3n) is 2.74. The van der Waals surface area contributed by atoms with Gasteiger partial charge in [-0.05, 0) is 31.6 Å². The minimum absolute atomic E-state index is 0.433. The molecule has 3 unspecified atom stereocenters. The van der Waals surface area contributed by atoms with E-state index < -0.39 is 0 Å². The molecule has 0 aliphatic heterocycles. The van der Waals surface area contributed by atoms with Crippen LogP contribution >= 0.6 is 0 Å². The molecule has 1 saturated carbocycles. The average molecular weight is 154 g/mol. The zero-order valence-electron chi connectivity index (χ0n) is 7.76. The summed E-state index contributed by atoms with van der Waals surface area (Å²) < 4.78 is 5.60. The maximum Gasteiger partial charge on any atom is 0.101 e. The van der Waals surface area contributed by atoms with Gasteiger partial charge in [-0.25, -0.2) is 0 Å². The molecule has 0 saturated heterocycles. The van der Waals surface area contributed by atoms with Crippen LogP contribution in [0.25, 0.3) is 0 Å². The summed E-state index contributed by atoms with van der Waals surface area (Å²) in [6, 6.07) is 0. The standard InChI is InChI=1S/C10H18O/c1-7(2)11-10-6-5-8(3)9(10)4/h8-10H,1,5-6H2,2-4H3. The number of rotatable bonds is 2. The van der Waals surface area contributed by atoms with Crippen LogP contribution < -0.4 is 0 Å². The van der Waals surface area contributed by atoms with Crippen molar-refractivity contribution in [2.24, 2.45) is 11.8 Å². The van der Waals surface area contributed by atoms with Gasteiger partial charge in [0.25, 0.3) is 0 Å². The first-order chi connectivity index (χ1) is 5.11. The highest BCUT2D eigenvalue weighted by Crippen LogP contribution is 2.33. The first kappa shape index (κ1) is 8.63. The molecule has 1 fully saturated rings. The maximum absolute atomic E-state index is 5.60. The van der Waals surface area contributed by atoms with Gasteiger partial charge in [-0.2, -0.15) is 0 Å². The summed E-state index contributed by atoms with van der Waals surface area (Å²) in [4.78, 5) is 0. The molecule has 1 rings (SSSR count). The van der Waals surface area contributed by atoms with Crippen molar-refractivity contribution in [3.63, 3.8) is 0 Å².